The monoisotopic (exact) mass is 320 g/mol. The molecule has 0 heterocycles. The maximum atomic E-state index is 9.10. The average Bonchev–Trinajstić information content (AvgIpc) is 2.38. The summed E-state index contributed by atoms with van der Waals surface area (Å²) in [5, 5.41) is 16.7. The SMILES string of the molecule is N=C(N)c1c(Br)cccc1Oc1cccc(CO)c1. The summed E-state index contributed by atoms with van der Waals surface area (Å²) in [5.74, 6) is 1.02. The summed E-state index contributed by atoms with van der Waals surface area (Å²) in [6, 6.07) is 12.5. The predicted molar refractivity (Wildman–Crippen MR) is 77.6 cm³/mol. The van der Waals surface area contributed by atoms with Gasteiger partial charge in [-0.2, -0.15) is 0 Å². The van der Waals surface area contributed by atoms with Gasteiger partial charge in [-0.05, 0) is 45.8 Å². The Labute approximate surface area is 119 Å². The van der Waals surface area contributed by atoms with Gasteiger partial charge in [0.25, 0.3) is 0 Å². The van der Waals surface area contributed by atoms with Crippen LogP contribution in [0.15, 0.2) is 46.9 Å². The van der Waals surface area contributed by atoms with Crippen LogP contribution in [0.2, 0.25) is 0 Å². The maximum Gasteiger partial charge on any atom is 0.139 e. The molecule has 0 fully saturated rings. The number of aliphatic hydroxyl groups is 1. The van der Waals surface area contributed by atoms with Crippen LogP contribution in [-0.4, -0.2) is 10.9 Å². The Morgan fingerprint density at radius 3 is 2.68 bits per heavy atom. The predicted octanol–water partition coefficient (Wildman–Crippen LogP) is 3.02. The number of nitrogen functional groups attached to an aromatic ring is 1. The first-order chi connectivity index (χ1) is 9.11. The highest BCUT2D eigenvalue weighted by atomic mass is 79.9. The summed E-state index contributed by atoms with van der Waals surface area (Å²) in [6.07, 6.45) is 0. The van der Waals surface area contributed by atoms with Gasteiger partial charge in [-0.1, -0.05) is 18.2 Å². The largest absolute Gasteiger partial charge is 0.457 e. The average molecular weight is 321 g/mol. The Bertz CT molecular complexity index is 614. The number of hydrogen-bond acceptors (Lipinski definition) is 3. The summed E-state index contributed by atoms with van der Waals surface area (Å²) in [6.45, 7) is -0.0464. The van der Waals surface area contributed by atoms with Gasteiger partial charge >= 0.3 is 0 Å². The number of aliphatic hydroxyl groups excluding tert-OH is 1. The molecule has 0 bridgehead atoms. The second-order valence-corrected chi connectivity index (χ2v) is 4.79. The molecule has 0 atom stereocenters. The van der Waals surface area contributed by atoms with Crippen LogP contribution in [-0.2, 0) is 6.61 Å². The van der Waals surface area contributed by atoms with Gasteiger partial charge in [-0.3, -0.25) is 5.41 Å². The van der Waals surface area contributed by atoms with E-state index in [-0.39, 0.29) is 12.4 Å². The van der Waals surface area contributed by atoms with Gasteiger partial charge in [0.05, 0.1) is 12.2 Å². The van der Waals surface area contributed by atoms with E-state index in [1.807, 2.05) is 6.07 Å². The highest BCUT2D eigenvalue weighted by molar-refractivity contribution is 9.10. The lowest BCUT2D eigenvalue weighted by molar-refractivity contribution is 0.281. The molecule has 2 aromatic rings. The molecular weight excluding hydrogens is 308 g/mol. The molecule has 19 heavy (non-hydrogen) atoms. The number of rotatable bonds is 4. The van der Waals surface area contributed by atoms with Gasteiger partial charge in [0.1, 0.15) is 17.3 Å². The second kappa shape index (κ2) is 5.86. The van der Waals surface area contributed by atoms with E-state index >= 15 is 0 Å². The fourth-order valence-corrected chi connectivity index (χ4v) is 2.25. The van der Waals surface area contributed by atoms with E-state index in [0.29, 0.717) is 21.5 Å². The molecule has 0 saturated heterocycles. The van der Waals surface area contributed by atoms with Gasteiger partial charge in [0.15, 0.2) is 0 Å². The van der Waals surface area contributed by atoms with E-state index in [4.69, 9.17) is 21.0 Å². The molecule has 0 radical (unpaired) electrons. The smallest absolute Gasteiger partial charge is 0.139 e. The molecule has 4 N–H and O–H groups in total. The zero-order chi connectivity index (χ0) is 13.8. The van der Waals surface area contributed by atoms with Crippen LogP contribution in [0.1, 0.15) is 11.1 Å². The number of hydrogen-bond donors (Lipinski definition) is 3. The van der Waals surface area contributed by atoms with Gasteiger partial charge < -0.3 is 15.6 Å². The Morgan fingerprint density at radius 2 is 2.00 bits per heavy atom. The van der Waals surface area contributed by atoms with E-state index in [1.165, 1.54) is 0 Å². The number of amidine groups is 1. The van der Waals surface area contributed by atoms with Gasteiger partial charge in [-0.25, -0.2) is 0 Å². The standard InChI is InChI=1S/C14H13BrN2O2/c15-11-5-2-6-12(13(11)14(16)17)19-10-4-1-3-9(7-10)8-18/h1-7,18H,8H2,(H3,16,17). The number of halogens is 1. The summed E-state index contributed by atoms with van der Waals surface area (Å²) >= 11 is 3.35. The van der Waals surface area contributed by atoms with Crippen molar-refractivity contribution in [1.29, 1.82) is 5.41 Å². The van der Waals surface area contributed by atoms with Crippen molar-refractivity contribution < 1.29 is 9.84 Å². The summed E-state index contributed by atoms with van der Waals surface area (Å²) in [4.78, 5) is 0. The van der Waals surface area contributed by atoms with Crippen molar-refractivity contribution in [3.63, 3.8) is 0 Å². The third kappa shape index (κ3) is 3.13. The molecule has 0 spiro atoms. The van der Waals surface area contributed by atoms with E-state index in [1.54, 1.807) is 36.4 Å². The Morgan fingerprint density at radius 1 is 1.26 bits per heavy atom. The van der Waals surface area contributed by atoms with Gasteiger partial charge in [-0.15, -0.1) is 0 Å². The lowest BCUT2D eigenvalue weighted by Gasteiger charge is -2.12. The van der Waals surface area contributed by atoms with Crippen molar-refractivity contribution >= 4 is 21.8 Å². The lowest BCUT2D eigenvalue weighted by atomic mass is 10.2. The highest BCUT2D eigenvalue weighted by Crippen LogP contribution is 2.30. The van der Waals surface area contributed by atoms with Crippen LogP contribution in [0, 0.1) is 5.41 Å². The zero-order valence-electron chi connectivity index (χ0n) is 10.1. The molecule has 2 aromatic carbocycles. The molecule has 0 saturated carbocycles. The molecule has 0 aliphatic rings. The first kappa shape index (κ1) is 13.6. The van der Waals surface area contributed by atoms with E-state index in [2.05, 4.69) is 15.9 Å². The molecule has 2 rings (SSSR count). The van der Waals surface area contributed by atoms with Crippen molar-refractivity contribution in [2.24, 2.45) is 5.73 Å². The first-order valence-corrected chi connectivity index (χ1v) is 6.41. The van der Waals surface area contributed by atoms with E-state index < -0.39 is 0 Å². The number of benzene rings is 2. The van der Waals surface area contributed by atoms with Crippen LogP contribution in [0.5, 0.6) is 11.5 Å². The minimum absolute atomic E-state index is 0.0464. The maximum absolute atomic E-state index is 9.10. The van der Waals surface area contributed by atoms with Crippen LogP contribution >= 0.6 is 15.9 Å². The number of nitrogens with two attached hydrogens (primary N) is 1. The van der Waals surface area contributed by atoms with Crippen LogP contribution < -0.4 is 10.5 Å². The number of ether oxygens (including phenoxy) is 1. The molecule has 0 aliphatic heterocycles. The third-order valence-corrected chi connectivity index (χ3v) is 3.21. The minimum atomic E-state index is -0.0687. The lowest BCUT2D eigenvalue weighted by Crippen LogP contribution is -2.13. The van der Waals surface area contributed by atoms with Crippen LogP contribution in [0.3, 0.4) is 0 Å². The molecule has 98 valence electrons. The van der Waals surface area contributed by atoms with Crippen LogP contribution in [0.4, 0.5) is 0 Å². The molecule has 5 heteroatoms. The fraction of sp³-hybridized carbons (Fsp3) is 0.0714. The quantitative estimate of drug-likeness (QED) is 0.598. The minimum Gasteiger partial charge on any atom is -0.457 e. The van der Waals surface area contributed by atoms with Crippen molar-refractivity contribution in [2.45, 2.75) is 6.61 Å². The van der Waals surface area contributed by atoms with Crippen molar-refractivity contribution in [2.75, 3.05) is 0 Å². The number of nitrogens with one attached hydrogen (secondary N) is 1. The summed E-state index contributed by atoms with van der Waals surface area (Å²) in [5.41, 5.74) is 6.83. The zero-order valence-corrected chi connectivity index (χ0v) is 11.6. The summed E-state index contributed by atoms with van der Waals surface area (Å²) in [7, 11) is 0. The van der Waals surface area contributed by atoms with E-state index in [0.717, 1.165) is 5.56 Å². The topological polar surface area (TPSA) is 79.3 Å². The Balaban J connectivity index is 2.38. The normalized spacial score (nSPS) is 10.2. The van der Waals surface area contributed by atoms with E-state index in [9.17, 15) is 0 Å². The fourth-order valence-electron chi connectivity index (χ4n) is 1.69. The van der Waals surface area contributed by atoms with Gasteiger partial charge in [0, 0.05) is 4.47 Å². The van der Waals surface area contributed by atoms with Crippen molar-refractivity contribution in [3.8, 4) is 11.5 Å². The molecule has 0 aliphatic carbocycles. The molecule has 0 amide bonds. The first-order valence-electron chi connectivity index (χ1n) is 5.62. The molecular formula is C14H13BrN2O2. The summed E-state index contributed by atoms with van der Waals surface area (Å²) < 4.78 is 6.44. The molecule has 0 unspecified atom stereocenters. The highest BCUT2D eigenvalue weighted by Gasteiger charge is 2.11. The van der Waals surface area contributed by atoms with Crippen LogP contribution in [0.25, 0.3) is 0 Å². The van der Waals surface area contributed by atoms with Gasteiger partial charge in [0.2, 0.25) is 0 Å². The second-order valence-electron chi connectivity index (χ2n) is 3.93. The third-order valence-electron chi connectivity index (χ3n) is 2.55. The molecule has 4 nitrogen and oxygen atoms in total. The van der Waals surface area contributed by atoms with Crippen molar-refractivity contribution in [1.82, 2.24) is 0 Å². The molecule has 0 aromatic heterocycles. The Kier molecular flexibility index (Phi) is 4.19. The van der Waals surface area contributed by atoms with Crippen molar-refractivity contribution in [3.05, 3.63) is 58.1 Å². The Hall–Kier alpha value is -1.85.